The van der Waals surface area contributed by atoms with E-state index < -0.39 is 0 Å². The van der Waals surface area contributed by atoms with Crippen molar-refractivity contribution in [2.45, 2.75) is 31.3 Å². The third kappa shape index (κ3) is 4.29. The average Bonchev–Trinajstić information content (AvgIpc) is 2.96. The van der Waals surface area contributed by atoms with E-state index in [-0.39, 0.29) is 17.2 Å². The number of halogens is 1. The van der Waals surface area contributed by atoms with Crippen LogP contribution in [0.5, 0.6) is 0 Å². The Morgan fingerprint density at radius 2 is 1.96 bits per heavy atom. The summed E-state index contributed by atoms with van der Waals surface area (Å²) in [6, 6.07) is 7.36. The first-order valence-corrected chi connectivity index (χ1v) is 9.08. The Hall–Kier alpha value is -2.12. The van der Waals surface area contributed by atoms with Crippen molar-refractivity contribution in [3.8, 4) is 5.69 Å². The topological polar surface area (TPSA) is 72.7 Å². The van der Waals surface area contributed by atoms with Crippen LogP contribution < -0.4 is 5.32 Å². The molecule has 0 aliphatic heterocycles. The summed E-state index contributed by atoms with van der Waals surface area (Å²) >= 11 is 7.31. The van der Waals surface area contributed by atoms with Crippen LogP contribution in [-0.2, 0) is 4.79 Å². The molecule has 2 heterocycles. The second-order valence-corrected chi connectivity index (χ2v) is 7.94. The predicted molar refractivity (Wildman–Crippen MR) is 100 cm³/mol. The summed E-state index contributed by atoms with van der Waals surface area (Å²) in [5.74, 6) is 0.254. The lowest BCUT2D eigenvalue weighted by molar-refractivity contribution is -0.119. The van der Waals surface area contributed by atoms with Crippen LogP contribution in [0.3, 0.4) is 0 Å². The van der Waals surface area contributed by atoms with Gasteiger partial charge in [0, 0.05) is 10.6 Å². The molecular formula is C17H18ClN5OS. The van der Waals surface area contributed by atoms with Gasteiger partial charge in [-0.2, -0.15) is 5.10 Å². The molecule has 0 aliphatic rings. The van der Waals surface area contributed by atoms with Crippen molar-refractivity contribution in [3.05, 3.63) is 41.8 Å². The molecule has 0 saturated heterocycles. The van der Waals surface area contributed by atoms with E-state index in [2.05, 4.69) is 20.4 Å². The normalized spacial score (nSPS) is 11.7. The van der Waals surface area contributed by atoms with Crippen LogP contribution in [0.15, 0.2) is 41.8 Å². The molecule has 3 rings (SSSR count). The molecule has 0 spiro atoms. The molecule has 0 aliphatic carbocycles. The Morgan fingerprint density at radius 1 is 1.24 bits per heavy atom. The molecule has 8 heteroatoms. The molecule has 0 unspecified atom stereocenters. The number of benzene rings is 1. The number of aromatic nitrogens is 4. The number of fused-ring (bicyclic) bond motifs is 1. The van der Waals surface area contributed by atoms with Crippen molar-refractivity contribution >= 4 is 40.3 Å². The largest absolute Gasteiger partial charge is 0.351 e. The van der Waals surface area contributed by atoms with Gasteiger partial charge < -0.3 is 5.32 Å². The van der Waals surface area contributed by atoms with Crippen molar-refractivity contribution in [1.82, 2.24) is 25.1 Å². The number of rotatable bonds is 4. The highest BCUT2D eigenvalue weighted by Crippen LogP contribution is 2.26. The molecule has 130 valence electrons. The zero-order valence-corrected chi connectivity index (χ0v) is 15.7. The highest BCUT2D eigenvalue weighted by molar-refractivity contribution is 8.00. The van der Waals surface area contributed by atoms with E-state index in [0.29, 0.717) is 10.7 Å². The van der Waals surface area contributed by atoms with Crippen molar-refractivity contribution in [3.63, 3.8) is 0 Å². The first-order valence-electron chi connectivity index (χ1n) is 7.72. The van der Waals surface area contributed by atoms with Gasteiger partial charge in [0.2, 0.25) is 5.91 Å². The lowest BCUT2D eigenvalue weighted by Gasteiger charge is -2.20. The van der Waals surface area contributed by atoms with Crippen LogP contribution in [0.25, 0.3) is 16.7 Å². The fourth-order valence-corrected chi connectivity index (χ4v) is 3.18. The summed E-state index contributed by atoms with van der Waals surface area (Å²) in [6.07, 6.45) is 3.20. The van der Waals surface area contributed by atoms with Gasteiger partial charge in [0.25, 0.3) is 0 Å². The van der Waals surface area contributed by atoms with Crippen molar-refractivity contribution in [1.29, 1.82) is 0 Å². The first-order chi connectivity index (χ1) is 11.8. The maximum atomic E-state index is 12.0. The molecule has 3 aromatic rings. The smallest absolute Gasteiger partial charge is 0.230 e. The Labute approximate surface area is 155 Å². The lowest BCUT2D eigenvalue weighted by Crippen LogP contribution is -2.41. The van der Waals surface area contributed by atoms with Gasteiger partial charge in [-0.05, 0) is 45.0 Å². The Bertz CT molecular complexity index is 902. The molecule has 1 amide bonds. The van der Waals surface area contributed by atoms with Gasteiger partial charge in [0.1, 0.15) is 11.4 Å². The van der Waals surface area contributed by atoms with Crippen molar-refractivity contribution in [2.24, 2.45) is 0 Å². The van der Waals surface area contributed by atoms with E-state index in [9.17, 15) is 4.79 Å². The Balaban J connectivity index is 1.84. The van der Waals surface area contributed by atoms with E-state index in [1.165, 1.54) is 18.1 Å². The lowest BCUT2D eigenvalue weighted by atomic mass is 10.1. The number of nitrogens with one attached hydrogen (secondary N) is 1. The summed E-state index contributed by atoms with van der Waals surface area (Å²) < 4.78 is 1.73. The van der Waals surface area contributed by atoms with Gasteiger partial charge in [-0.3, -0.25) is 4.79 Å². The SMILES string of the molecule is CC(C)(C)NC(=O)CSc1ncnc2c1cnn2-c1ccc(Cl)cc1. The summed E-state index contributed by atoms with van der Waals surface area (Å²) in [7, 11) is 0. The van der Waals surface area contributed by atoms with Crippen LogP contribution in [0.1, 0.15) is 20.8 Å². The number of hydrogen-bond donors (Lipinski definition) is 1. The quantitative estimate of drug-likeness (QED) is 0.558. The zero-order valence-electron chi connectivity index (χ0n) is 14.2. The first kappa shape index (κ1) is 17.7. The average molecular weight is 376 g/mol. The zero-order chi connectivity index (χ0) is 18.0. The van der Waals surface area contributed by atoms with Crippen LogP contribution in [0, 0.1) is 0 Å². The summed E-state index contributed by atoms with van der Waals surface area (Å²) in [6.45, 7) is 5.86. The van der Waals surface area contributed by atoms with Crippen LogP contribution >= 0.6 is 23.4 Å². The standard InChI is InChI=1S/C17H18ClN5OS/c1-17(2,3)22-14(24)9-25-16-13-8-21-23(15(13)19-10-20-16)12-6-4-11(18)5-7-12/h4-8,10H,9H2,1-3H3,(H,22,24). The molecule has 6 nitrogen and oxygen atoms in total. The van der Waals surface area contributed by atoms with Gasteiger partial charge in [0.05, 0.1) is 23.0 Å². The summed E-state index contributed by atoms with van der Waals surface area (Å²) in [5, 5.41) is 9.54. The van der Waals surface area contributed by atoms with Gasteiger partial charge in [-0.25, -0.2) is 14.6 Å². The number of thioether (sulfide) groups is 1. The maximum Gasteiger partial charge on any atom is 0.230 e. The van der Waals surface area contributed by atoms with E-state index in [1.807, 2.05) is 32.9 Å². The Morgan fingerprint density at radius 3 is 2.64 bits per heavy atom. The number of hydrogen-bond acceptors (Lipinski definition) is 5. The van der Waals surface area contributed by atoms with E-state index >= 15 is 0 Å². The molecule has 1 aromatic carbocycles. The summed E-state index contributed by atoms with van der Waals surface area (Å²) in [5.41, 5.74) is 1.30. The highest BCUT2D eigenvalue weighted by Gasteiger charge is 2.16. The second-order valence-electron chi connectivity index (χ2n) is 6.54. The third-order valence-electron chi connectivity index (χ3n) is 3.25. The predicted octanol–water partition coefficient (Wildman–Crippen LogP) is 3.48. The van der Waals surface area contributed by atoms with Gasteiger partial charge in [0.15, 0.2) is 5.65 Å². The van der Waals surface area contributed by atoms with E-state index in [4.69, 9.17) is 11.6 Å². The molecule has 0 radical (unpaired) electrons. The van der Waals surface area contributed by atoms with Gasteiger partial charge in [-0.15, -0.1) is 0 Å². The number of nitrogens with zero attached hydrogens (tertiary/aromatic N) is 4. The van der Waals surface area contributed by atoms with Crippen LogP contribution in [0.2, 0.25) is 5.02 Å². The highest BCUT2D eigenvalue weighted by atomic mass is 35.5. The van der Waals surface area contributed by atoms with Crippen LogP contribution in [-0.4, -0.2) is 36.9 Å². The molecule has 2 aromatic heterocycles. The minimum Gasteiger partial charge on any atom is -0.351 e. The molecular weight excluding hydrogens is 358 g/mol. The third-order valence-corrected chi connectivity index (χ3v) is 4.51. The minimum absolute atomic E-state index is 0.0330. The molecule has 0 saturated carbocycles. The van der Waals surface area contributed by atoms with Gasteiger partial charge in [-0.1, -0.05) is 23.4 Å². The van der Waals surface area contributed by atoms with E-state index in [0.717, 1.165) is 16.1 Å². The van der Waals surface area contributed by atoms with Crippen molar-refractivity contribution < 1.29 is 4.79 Å². The number of carbonyl (C=O) groups is 1. The molecule has 1 N–H and O–H groups in total. The fourth-order valence-electron chi connectivity index (χ4n) is 2.30. The van der Waals surface area contributed by atoms with Crippen molar-refractivity contribution in [2.75, 3.05) is 5.75 Å². The monoisotopic (exact) mass is 375 g/mol. The minimum atomic E-state index is -0.252. The molecule has 0 fully saturated rings. The maximum absolute atomic E-state index is 12.0. The van der Waals surface area contributed by atoms with E-state index in [1.54, 1.807) is 23.0 Å². The molecule has 0 atom stereocenters. The summed E-state index contributed by atoms with van der Waals surface area (Å²) in [4.78, 5) is 20.6. The van der Waals surface area contributed by atoms with Gasteiger partial charge >= 0.3 is 0 Å². The Kier molecular flexibility index (Phi) is 4.96. The van der Waals surface area contributed by atoms with Crippen LogP contribution in [0.4, 0.5) is 0 Å². The fraction of sp³-hybridized carbons (Fsp3) is 0.294. The number of amides is 1. The second kappa shape index (κ2) is 7.01. The molecule has 25 heavy (non-hydrogen) atoms. The number of carbonyl (C=O) groups excluding carboxylic acids is 1. The molecule has 0 bridgehead atoms.